The average Bonchev–Trinajstić information content (AvgIpc) is 3.26. The molecule has 2 aromatic carbocycles. The first-order valence-electron chi connectivity index (χ1n) is 8.94. The van der Waals surface area contributed by atoms with E-state index < -0.39 is 17.8 Å². The normalized spacial score (nSPS) is 10.2. The van der Waals surface area contributed by atoms with Crippen LogP contribution in [0.1, 0.15) is 30.5 Å². The molecule has 152 valence electrons. The minimum atomic E-state index is -0.835. The van der Waals surface area contributed by atoms with Crippen molar-refractivity contribution in [1.82, 2.24) is 5.32 Å². The van der Waals surface area contributed by atoms with Gasteiger partial charge in [-0.2, -0.15) is 0 Å². The summed E-state index contributed by atoms with van der Waals surface area (Å²) in [5.41, 5.74) is 1.29. The molecule has 0 aliphatic carbocycles. The van der Waals surface area contributed by atoms with Crippen molar-refractivity contribution in [3.05, 3.63) is 87.6 Å². The van der Waals surface area contributed by atoms with E-state index in [9.17, 15) is 19.2 Å². The number of thiophene rings is 1. The molecule has 0 atom stereocenters. The van der Waals surface area contributed by atoms with Crippen molar-refractivity contribution in [2.45, 2.75) is 6.54 Å². The van der Waals surface area contributed by atoms with E-state index in [1.165, 1.54) is 42.7 Å². The fourth-order valence-electron chi connectivity index (χ4n) is 2.57. The van der Waals surface area contributed by atoms with Gasteiger partial charge < -0.3 is 15.4 Å². The summed E-state index contributed by atoms with van der Waals surface area (Å²) >= 11 is 1.26. The summed E-state index contributed by atoms with van der Waals surface area (Å²) in [5.74, 6) is -2.23. The lowest BCUT2D eigenvalue weighted by atomic mass is 10.1. The second-order valence-electron chi connectivity index (χ2n) is 6.17. The van der Waals surface area contributed by atoms with E-state index in [1.54, 1.807) is 36.4 Å². The summed E-state index contributed by atoms with van der Waals surface area (Å²) in [6.45, 7) is 0.125. The summed E-state index contributed by atoms with van der Waals surface area (Å²) in [7, 11) is 1.27. The molecule has 0 saturated heterocycles. The number of carbonyl (C=O) groups is 4. The van der Waals surface area contributed by atoms with Gasteiger partial charge in [0, 0.05) is 16.1 Å². The first-order chi connectivity index (χ1) is 14.5. The number of carbonyl (C=O) groups excluding carboxylic acids is 4. The van der Waals surface area contributed by atoms with E-state index in [0.717, 1.165) is 4.88 Å². The number of amides is 2. The van der Waals surface area contributed by atoms with Gasteiger partial charge in [-0.3, -0.25) is 14.4 Å². The monoisotopic (exact) mass is 422 g/mol. The second-order valence-corrected chi connectivity index (χ2v) is 7.34. The van der Waals surface area contributed by atoms with Crippen LogP contribution >= 0.6 is 11.3 Å². The minimum Gasteiger partial charge on any atom is -0.465 e. The first-order valence-corrected chi connectivity index (χ1v) is 9.75. The molecule has 2 N–H and O–H groups in total. The quantitative estimate of drug-likeness (QED) is 0.361. The lowest BCUT2D eigenvalue weighted by molar-refractivity contribution is -0.136. The molecule has 0 fully saturated rings. The smallest absolute Gasteiger partial charge is 0.337 e. The third-order valence-corrected chi connectivity index (χ3v) is 5.20. The van der Waals surface area contributed by atoms with Crippen LogP contribution in [0.5, 0.6) is 0 Å². The van der Waals surface area contributed by atoms with E-state index in [4.69, 9.17) is 0 Å². The molecule has 7 nitrogen and oxygen atoms in total. The molecule has 1 aromatic heterocycles. The van der Waals surface area contributed by atoms with Crippen LogP contribution in [0.2, 0.25) is 0 Å². The van der Waals surface area contributed by atoms with Gasteiger partial charge in [0.25, 0.3) is 0 Å². The zero-order valence-corrected chi connectivity index (χ0v) is 16.8. The summed E-state index contributed by atoms with van der Waals surface area (Å²) in [5, 5.41) is 4.98. The van der Waals surface area contributed by atoms with Gasteiger partial charge >= 0.3 is 17.8 Å². The maximum atomic E-state index is 12.4. The van der Waals surface area contributed by atoms with E-state index in [2.05, 4.69) is 15.4 Å². The molecule has 0 spiro atoms. The molecule has 0 radical (unpaired) electrons. The molecule has 1 heterocycles. The van der Waals surface area contributed by atoms with Crippen LogP contribution in [-0.2, 0) is 20.9 Å². The van der Waals surface area contributed by atoms with Gasteiger partial charge in [-0.05, 0) is 36.4 Å². The third-order valence-electron chi connectivity index (χ3n) is 4.11. The number of rotatable bonds is 6. The Morgan fingerprint density at radius 1 is 0.833 bits per heavy atom. The average molecular weight is 422 g/mol. The van der Waals surface area contributed by atoms with Crippen molar-refractivity contribution >= 4 is 40.6 Å². The molecule has 0 bridgehead atoms. The van der Waals surface area contributed by atoms with Crippen molar-refractivity contribution < 1.29 is 23.9 Å². The summed E-state index contributed by atoms with van der Waals surface area (Å²) in [4.78, 5) is 49.2. The Bertz CT molecular complexity index is 1070. The maximum Gasteiger partial charge on any atom is 0.337 e. The van der Waals surface area contributed by atoms with Crippen molar-refractivity contribution in [3.8, 4) is 0 Å². The number of nitrogens with one attached hydrogen (secondary N) is 2. The van der Waals surface area contributed by atoms with Crippen LogP contribution in [-0.4, -0.2) is 30.7 Å². The van der Waals surface area contributed by atoms with Crippen LogP contribution in [0.25, 0.3) is 0 Å². The molecule has 3 rings (SSSR count). The fraction of sp³-hybridized carbons (Fsp3) is 0.0909. The van der Waals surface area contributed by atoms with Crippen LogP contribution in [0.4, 0.5) is 5.69 Å². The predicted octanol–water partition coefficient (Wildman–Crippen LogP) is 3.02. The van der Waals surface area contributed by atoms with Crippen molar-refractivity contribution in [2.75, 3.05) is 12.4 Å². The van der Waals surface area contributed by atoms with Crippen molar-refractivity contribution in [1.29, 1.82) is 0 Å². The van der Waals surface area contributed by atoms with E-state index in [0.29, 0.717) is 21.7 Å². The number of ether oxygens (including phenoxy) is 1. The lowest BCUT2D eigenvalue weighted by Gasteiger charge is -2.06. The topological polar surface area (TPSA) is 102 Å². The Morgan fingerprint density at radius 3 is 2.20 bits per heavy atom. The molecular weight excluding hydrogens is 404 g/mol. The van der Waals surface area contributed by atoms with Gasteiger partial charge in [-0.25, -0.2) is 4.79 Å². The van der Waals surface area contributed by atoms with Gasteiger partial charge in [0.2, 0.25) is 5.78 Å². The van der Waals surface area contributed by atoms with E-state index in [1.807, 2.05) is 6.07 Å². The zero-order valence-electron chi connectivity index (χ0n) is 16.0. The summed E-state index contributed by atoms with van der Waals surface area (Å²) < 4.78 is 4.60. The summed E-state index contributed by atoms with van der Waals surface area (Å²) in [6.07, 6.45) is 0. The number of esters is 1. The van der Waals surface area contributed by atoms with E-state index in [-0.39, 0.29) is 12.3 Å². The Balaban J connectivity index is 1.53. The largest absolute Gasteiger partial charge is 0.465 e. The molecule has 3 aromatic rings. The van der Waals surface area contributed by atoms with Crippen LogP contribution < -0.4 is 10.6 Å². The van der Waals surface area contributed by atoms with Gasteiger partial charge in [-0.1, -0.05) is 30.3 Å². The van der Waals surface area contributed by atoms with Gasteiger partial charge in [0.1, 0.15) is 0 Å². The molecule has 2 amide bonds. The third kappa shape index (κ3) is 5.18. The Morgan fingerprint density at radius 2 is 1.53 bits per heavy atom. The molecule has 0 unspecified atom stereocenters. The highest BCUT2D eigenvalue weighted by Crippen LogP contribution is 2.20. The summed E-state index contributed by atoms with van der Waals surface area (Å²) in [6, 6.07) is 18.3. The first kappa shape index (κ1) is 20.9. The second kappa shape index (κ2) is 9.62. The number of anilines is 1. The molecule has 0 aliphatic heterocycles. The molecule has 30 heavy (non-hydrogen) atoms. The zero-order chi connectivity index (χ0) is 21.5. The maximum absolute atomic E-state index is 12.4. The molecule has 0 saturated carbocycles. The Kier molecular flexibility index (Phi) is 6.71. The number of hydrogen-bond acceptors (Lipinski definition) is 6. The number of hydrogen-bond donors (Lipinski definition) is 2. The Labute approximate surface area is 176 Å². The van der Waals surface area contributed by atoms with E-state index >= 15 is 0 Å². The van der Waals surface area contributed by atoms with Crippen molar-refractivity contribution in [2.24, 2.45) is 0 Å². The van der Waals surface area contributed by atoms with Crippen molar-refractivity contribution in [3.63, 3.8) is 0 Å². The number of benzene rings is 2. The van der Waals surface area contributed by atoms with Crippen LogP contribution in [0.3, 0.4) is 0 Å². The number of ketones is 1. The molecular formula is C22H18N2O5S. The molecule has 0 aliphatic rings. The predicted molar refractivity (Wildman–Crippen MR) is 112 cm³/mol. The standard InChI is InChI=1S/C22H18N2O5S/c1-29-22(28)15-7-9-16(10-8-15)24-21(27)20(26)23-13-17-11-12-18(30-17)19(25)14-5-3-2-4-6-14/h2-12H,13H2,1H3,(H,23,26)(H,24,27). The van der Waals surface area contributed by atoms with Crippen LogP contribution in [0.15, 0.2) is 66.7 Å². The minimum absolute atomic E-state index is 0.0914. The highest BCUT2D eigenvalue weighted by atomic mass is 32.1. The van der Waals surface area contributed by atoms with Gasteiger partial charge in [-0.15, -0.1) is 11.3 Å². The van der Waals surface area contributed by atoms with Crippen LogP contribution in [0, 0.1) is 0 Å². The van der Waals surface area contributed by atoms with Gasteiger partial charge in [0.15, 0.2) is 0 Å². The fourth-order valence-corrected chi connectivity index (χ4v) is 3.48. The Hall–Kier alpha value is -3.78. The molecule has 8 heteroatoms. The number of methoxy groups -OCH3 is 1. The highest BCUT2D eigenvalue weighted by molar-refractivity contribution is 7.14. The van der Waals surface area contributed by atoms with Gasteiger partial charge in [0.05, 0.1) is 24.1 Å². The SMILES string of the molecule is COC(=O)c1ccc(NC(=O)C(=O)NCc2ccc(C(=O)c3ccccc3)s2)cc1. The lowest BCUT2D eigenvalue weighted by Crippen LogP contribution is -2.34. The highest BCUT2D eigenvalue weighted by Gasteiger charge is 2.16.